The van der Waals surface area contributed by atoms with Gasteiger partial charge in [-0.1, -0.05) is 43.7 Å². The molecule has 0 radical (unpaired) electrons. The van der Waals surface area contributed by atoms with E-state index in [2.05, 4.69) is 6.92 Å². The molecule has 96 valence electrons. The van der Waals surface area contributed by atoms with Crippen LogP contribution in [0, 0.1) is 0 Å². The Labute approximate surface area is 112 Å². The second kappa shape index (κ2) is 4.81. The first kappa shape index (κ1) is 11.8. The van der Waals surface area contributed by atoms with Crippen molar-refractivity contribution in [3.63, 3.8) is 0 Å². The lowest BCUT2D eigenvalue weighted by Gasteiger charge is -2.03. The molecule has 0 atom stereocenters. The van der Waals surface area contributed by atoms with Crippen molar-refractivity contribution in [2.24, 2.45) is 0 Å². The number of phenols is 1. The molecule has 1 N–H and O–H groups in total. The third-order valence-electron chi connectivity index (χ3n) is 3.32. The Hall–Kier alpha value is -2.22. The van der Waals surface area contributed by atoms with Crippen molar-refractivity contribution in [3.05, 3.63) is 54.1 Å². The second-order valence-electron chi connectivity index (χ2n) is 4.71. The van der Waals surface area contributed by atoms with Gasteiger partial charge in [0.1, 0.15) is 17.1 Å². The maximum Gasteiger partial charge on any atom is 0.141 e. The molecule has 0 saturated carbocycles. The van der Waals surface area contributed by atoms with E-state index in [-0.39, 0.29) is 0 Å². The van der Waals surface area contributed by atoms with Crippen molar-refractivity contribution in [3.8, 4) is 17.1 Å². The van der Waals surface area contributed by atoms with E-state index in [9.17, 15) is 5.11 Å². The van der Waals surface area contributed by atoms with Crippen LogP contribution in [0.3, 0.4) is 0 Å². The summed E-state index contributed by atoms with van der Waals surface area (Å²) in [5, 5.41) is 11.0. The lowest BCUT2D eigenvalue weighted by atomic mass is 10.1. The molecule has 0 fully saturated rings. The van der Waals surface area contributed by atoms with Crippen molar-refractivity contribution in [2.75, 3.05) is 0 Å². The average molecular weight is 252 g/mol. The lowest BCUT2D eigenvalue weighted by Crippen LogP contribution is -1.84. The Balaban J connectivity index is 2.18. The lowest BCUT2D eigenvalue weighted by molar-refractivity contribution is 0.466. The topological polar surface area (TPSA) is 33.4 Å². The van der Waals surface area contributed by atoms with Gasteiger partial charge in [-0.05, 0) is 24.6 Å². The first-order chi connectivity index (χ1) is 9.29. The summed E-state index contributed by atoms with van der Waals surface area (Å²) < 4.78 is 5.96. The molecule has 3 aromatic rings. The number of hydrogen-bond donors (Lipinski definition) is 1. The Bertz CT molecular complexity index is 696. The largest absolute Gasteiger partial charge is 0.508 e. The smallest absolute Gasteiger partial charge is 0.141 e. The zero-order chi connectivity index (χ0) is 13.2. The molecule has 1 aromatic heterocycles. The highest BCUT2D eigenvalue weighted by atomic mass is 16.3. The number of fused-ring (bicyclic) bond motifs is 1. The molecule has 2 heteroatoms. The van der Waals surface area contributed by atoms with Gasteiger partial charge in [0.15, 0.2) is 0 Å². The fourth-order valence-electron chi connectivity index (χ4n) is 2.39. The highest BCUT2D eigenvalue weighted by Gasteiger charge is 2.12. The fraction of sp³-hybridized carbons (Fsp3) is 0.176. The highest BCUT2D eigenvalue weighted by molar-refractivity contribution is 5.87. The molecule has 0 bridgehead atoms. The molecule has 0 aliphatic heterocycles. The van der Waals surface area contributed by atoms with Crippen LogP contribution < -0.4 is 0 Å². The Morgan fingerprint density at radius 3 is 2.58 bits per heavy atom. The third kappa shape index (κ3) is 2.10. The van der Waals surface area contributed by atoms with Crippen molar-refractivity contribution in [2.45, 2.75) is 19.8 Å². The number of furan rings is 1. The minimum atomic E-state index is 0.323. The fourth-order valence-corrected chi connectivity index (χ4v) is 2.39. The van der Waals surface area contributed by atoms with Crippen molar-refractivity contribution in [1.29, 1.82) is 0 Å². The number of aryl methyl sites for hydroxylation is 1. The number of hydrogen-bond acceptors (Lipinski definition) is 2. The molecule has 2 nitrogen and oxygen atoms in total. The Morgan fingerprint density at radius 1 is 1.05 bits per heavy atom. The molecule has 0 saturated heterocycles. The average Bonchev–Trinajstić information content (AvgIpc) is 2.87. The molecule has 0 spiro atoms. The molecule has 0 amide bonds. The van der Waals surface area contributed by atoms with Crippen LogP contribution in [0.1, 0.15) is 18.9 Å². The molecular weight excluding hydrogens is 236 g/mol. The summed E-state index contributed by atoms with van der Waals surface area (Å²) in [6.07, 6.45) is 1.80. The van der Waals surface area contributed by atoms with Crippen LogP contribution in [0.2, 0.25) is 0 Å². The first-order valence-corrected chi connectivity index (χ1v) is 6.59. The van der Waals surface area contributed by atoms with Crippen molar-refractivity contribution in [1.82, 2.24) is 0 Å². The van der Waals surface area contributed by atoms with Gasteiger partial charge in [0.25, 0.3) is 0 Å². The van der Waals surface area contributed by atoms with E-state index in [0.717, 1.165) is 40.7 Å². The molecule has 0 unspecified atom stereocenters. The van der Waals surface area contributed by atoms with Crippen LogP contribution in [0.25, 0.3) is 22.3 Å². The van der Waals surface area contributed by atoms with Gasteiger partial charge < -0.3 is 9.52 Å². The van der Waals surface area contributed by atoms with E-state index in [1.165, 1.54) is 0 Å². The van der Waals surface area contributed by atoms with Gasteiger partial charge in [0.2, 0.25) is 0 Å². The molecule has 3 rings (SSSR count). The summed E-state index contributed by atoms with van der Waals surface area (Å²) in [7, 11) is 0. The Kier molecular flexibility index (Phi) is 3.00. The maximum absolute atomic E-state index is 9.96. The zero-order valence-electron chi connectivity index (χ0n) is 10.9. The zero-order valence-corrected chi connectivity index (χ0v) is 10.9. The van der Waals surface area contributed by atoms with E-state index in [4.69, 9.17) is 4.42 Å². The summed E-state index contributed by atoms with van der Waals surface area (Å²) in [6, 6.07) is 15.7. The minimum Gasteiger partial charge on any atom is -0.508 e. The summed E-state index contributed by atoms with van der Waals surface area (Å²) >= 11 is 0. The monoisotopic (exact) mass is 252 g/mol. The molecule has 1 heterocycles. The van der Waals surface area contributed by atoms with Crippen LogP contribution in [0.15, 0.2) is 52.9 Å². The van der Waals surface area contributed by atoms with Crippen molar-refractivity contribution < 1.29 is 9.52 Å². The Morgan fingerprint density at radius 2 is 1.84 bits per heavy atom. The predicted octanol–water partition coefficient (Wildman–Crippen LogP) is 4.76. The summed E-state index contributed by atoms with van der Waals surface area (Å²) in [5.74, 6) is 1.17. The number of benzene rings is 2. The normalized spacial score (nSPS) is 11.0. The minimum absolute atomic E-state index is 0.323. The quantitative estimate of drug-likeness (QED) is 0.729. The van der Waals surface area contributed by atoms with E-state index >= 15 is 0 Å². The highest BCUT2D eigenvalue weighted by Crippen LogP contribution is 2.34. The van der Waals surface area contributed by atoms with E-state index in [1.807, 2.05) is 42.5 Å². The molecule has 0 aliphatic carbocycles. The van der Waals surface area contributed by atoms with Gasteiger partial charge in [-0.2, -0.15) is 0 Å². The van der Waals surface area contributed by atoms with Crippen LogP contribution in [0.4, 0.5) is 0 Å². The van der Waals surface area contributed by atoms with Gasteiger partial charge in [-0.15, -0.1) is 0 Å². The van der Waals surface area contributed by atoms with Crippen LogP contribution >= 0.6 is 0 Å². The van der Waals surface area contributed by atoms with E-state index in [1.54, 1.807) is 6.07 Å². The molecule has 19 heavy (non-hydrogen) atoms. The van der Waals surface area contributed by atoms with Crippen LogP contribution in [-0.4, -0.2) is 5.11 Å². The van der Waals surface area contributed by atoms with Gasteiger partial charge >= 0.3 is 0 Å². The summed E-state index contributed by atoms with van der Waals surface area (Å²) in [4.78, 5) is 0. The third-order valence-corrected chi connectivity index (χ3v) is 3.32. The maximum atomic E-state index is 9.96. The van der Waals surface area contributed by atoms with Gasteiger partial charge in [0, 0.05) is 16.5 Å². The van der Waals surface area contributed by atoms with Crippen molar-refractivity contribution >= 4 is 11.0 Å². The first-order valence-electron chi connectivity index (χ1n) is 6.59. The van der Waals surface area contributed by atoms with Crippen LogP contribution in [0.5, 0.6) is 5.75 Å². The van der Waals surface area contributed by atoms with Crippen LogP contribution in [-0.2, 0) is 6.42 Å². The van der Waals surface area contributed by atoms with E-state index in [0.29, 0.717) is 5.75 Å². The van der Waals surface area contributed by atoms with E-state index < -0.39 is 0 Å². The summed E-state index contributed by atoms with van der Waals surface area (Å²) in [5.41, 5.74) is 2.77. The molecule has 0 aliphatic rings. The standard InChI is InChI=1S/C17H16O2/c1-2-6-14-15(18)10-9-13-11-16(19-17(13)14)12-7-4-3-5-8-12/h3-5,7-11,18H,2,6H2,1H3. The molecule has 2 aromatic carbocycles. The predicted molar refractivity (Wildman–Crippen MR) is 77.3 cm³/mol. The summed E-state index contributed by atoms with van der Waals surface area (Å²) in [6.45, 7) is 2.10. The molecular formula is C17H16O2. The van der Waals surface area contributed by atoms with Gasteiger partial charge in [-0.25, -0.2) is 0 Å². The number of phenolic OH excluding ortho intramolecular Hbond substituents is 1. The van der Waals surface area contributed by atoms with Gasteiger partial charge in [-0.3, -0.25) is 0 Å². The SMILES string of the molecule is CCCc1c(O)ccc2cc(-c3ccccc3)oc12. The van der Waals surface area contributed by atoms with Gasteiger partial charge in [0.05, 0.1) is 0 Å². The number of aromatic hydroxyl groups is 1. The second-order valence-corrected chi connectivity index (χ2v) is 4.71. The number of rotatable bonds is 3.